The Morgan fingerprint density at radius 3 is 2.59 bits per heavy atom. The Morgan fingerprint density at radius 1 is 1.12 bits per heavy atom. The fraction of sp³-hybridized carbons (Fsp3) is 0. The zero-order chi connectivity index (χ0) is 11.9. The van der Waals surface area contributed by atoms with Crippen molar-refractivity contribution in [2.45, 2.75) is 0 Å². The van der Waals surface area contributed by atoms with Crippen LogP contribution in [-0.4, -0.2) is 15.9 Å². The fourth-order valence-electron chi connectivity index (χ4n) is 1.44. The van der Waals surface area contributed by atoms with Crippen LogP contribution in [0.5, 0.6) is 0 Å². The van der Waals surface area contributed by atoms with Gasteiger partial charge in [-0.25, -0.2) is 0 Å². The third-order valence-electron chi connectivity index (χ3n) is 2.30. The summed E-state index contributed by atoms with van der Waals surface area (Å²) in [6.45, 7) is 0. The van der Waals surface area contributed by atoms with Crippen LogP contribution < -0.4 is 0 Å². The molecule has 0 bridgehead atoms. The van der Waals surface area contributed by atoms with E-state index < -0.39 is 0 Å². The van der Waals surface area contributed by atoms with Gasteiger partial charge in [-0.1, -0.05) is 41.6 Å². The fourth-order valence-corrected chi connectivity index (χ4v) is 1.44. The predicted molar refractivity (Wildman–Crippen MR) is 68.0 cm³/mol. The molecule has 0 aliphatic heterocycles. The van der Waals surface area contributed by atoms with Crippen LogP contribution >= 0.6 is 0 Å². The molecule has 84 valence electrons. The monoisotopic (exact) mass is 224 g/mol. The zero-order valence-corrected chi connectivity index (χ0v) is 9.19. The van der Waals surface area contributed by atoms with E-state index in [-0.39, 0.29) is 0 Å². The number of benzene rings is 1. The normalized spacial score (nSPS) is 11.9. The van der Waals surface area contributed by atoms with Gasteiger partial charge in [0.25, 0.3) is 0 Å². The van der Waals surface area contributed by atoms with Crippen molar-refractivity contribution < 1.29 is 5.21 Å². The van der Waals surface area contributed by atoms with E-state index >= 15 is 0 Å². The first-order valence-corrected chi connectivity index (χ1v) is 5.26. The number of hydrogen-bond acceptors (Lipinski definition) is 3. The second-order valence-electron chi connectivity index (χ2n) is 3.47. The van der Waals surface area contributed by atoms with Gasteiger partial charge in [-0.15, -0.1) is 0 Å². The minimum atomic E-state index is 0.488. The lowest BCUT2D eigenvalue weighted by Gasteiger charge is -1.97. The van der Waals surface area contributed by atoms with E-state index in [1.54, 1.807) is 24.5 Å². The van der Waals surface area contributed by atoms with Crippen LogP contribution in [0.25, 0.3) is 6.08 Å². The quantitative estimate of drug-likeness (QED) is 0.495. The summed E-state index contributed by atoms with van der Waals surface area (Å²) in [6.07, 6.45) is 6.98. The van der Waals surface area contributed by atoms with Crippen molar-refractivity contribution in [2.75, 3.05) is 0 Å². The van der Waals surface area contributed by atoms with Crippen LogP contribution in [0.4, 0.5) is 0 Å². The van der Waals surface area contributed by atoms with Crippen LogP contribution in [-0.2, 0) is 0 Å². The third-order valence-corrected chi connectivity index (χ3v) is 2.30. The molecule has 0 aliphatic carbocycles. The second kappa shape index (κ2) is 5.61. The van der Waals surface area contributed by atoms with Crippen molar-refractivity contribution in [1.29, 1.82) is 0 Å². The first-order chi connectivity index (χ1) is 8.40. The predicted octanol–water partition coefficient (Wildman–Crippen LogP) is 2.97. The molecule has 2 aromatic rings. The molecular formula is C14H12N2O. The summed E-state index contributed by atoms with van der Waals surface area (Å²) < 4.78 is 0. The maximum Gasteiger partial charge on any atom is 0.111 e. The summed E-state index contributed by atoms with van der Waals surface area (Å²) in [6, 6.07) is 13.5. The van der Waals surface area contributed by atoms with Gasteiger partial charge in [-0.3, -0.25) is 4.98 Å². The summed E-state index contributed by atoms with van der Waals surface area (Å²) in [7, 11) is 0. The highest BCUT2D eigenvalue weighted by Gasteiger charge is 1.99. The van der Waals surface area contributed by atoms with E-state index in [9.17, 15) is 0 Å². The number of hydrogen-bond donors (Lipinski definition) is 1. The van der Waals surface area contributed by atoms with Gasteiger partial charge in [0.05, 0.1) is 0 Å². The van der Waals surface area contributed by atoms with Crippen LogP contribution in [0.15, 0.2) is 66.1 Å². The van der Waals surface area contributed by atoms with Gasteiger partial charge in [0, 0.05) is 18.0 Å². The van der Waals surface area contributed by atoms with Crippen LogP contribution in [0.1, 0.15) is 11.1 Å². The number of allylic oxidation sites excluding steroid dienone is 1. The van der Waals surface area contributed by atoms with Crippen molar-refractivity contribution in [3.8, 4) is 0 Å². The molecule has 0 fully saturated rings. The molecular weight excluding hydrogens is 212 g/mol. The molecule has 0 unspecified atom stereocenters. The molecule has 0 aliphatic rings. The summed E-state index contributed by atoms with van der Waals surface area (Å²) >= 11 is 0. The number of nitrogens with zero attached hydrogens (tertiary/aromatic N) is 2. The van der Waals surface area contributed by atoms with Crippen molar-refractivity contribution in [1.82, 2.24) is 4.98 Å². The van der Waals surface area contributed by atoms with Gasteiger partial charge in [-0.05, 0) is 23.8 Å². The third kappa shape index (κ3) is 3.01. The van der Waals surface area contributed by atoms with Crippen LogP contribution in [0.2, 0.25) is 0 Å². The van der Waals surface area contributed by atoms with E-state index in [0.29, 0.717) is 5.71 Å². The maximum absolute atomic E-state index is 8.97. The molecule has 0 saturated carbocycles. The summed E-state index contributed by atoms with van der Waals surface area (Å²) in [4.78, 5) is 3.98. The summed E-state index contributed by atoms with van der Waals surface area (Å²) in [5.41, 5.74) is 2.32. The van der Waals surface area contributed by atoms with E-state index in [2.05, 4.69) is 10.1 Å². The highest BCUT2D eigenvalue weighted by molar-refractivity contribution is 6.10. The molecule has 1 N–H and O–H groups in total. The molecule has 0 atom stereocenters. The molecule has 17 heavy (non-hydrogen) atoms. The van der Waals surface area contributed by atoms with Crippen LogP contribution in [0.3, 0.4) is 0 Å². The molecule has 2 rings (SSSR count). The van der Waals surface area contributed by atoms with Crippen molar-refractivity contribution in [3.63, 3.8) is 0 Å². The second-order valence-corrected chi connectivity index (χ2v) is 3.47. The average molecular weight is 224 g/mol. The molecule has 3 nitrogen and oxygen atoms in total. The van der Waals surface area contributed by atoms with Gasteiger partial charge in [0.15, 0.2) is 0 Å². The van der Waals surface area contributed by atoms with Gasteiger partial charge in [-0.2, -0.15) is 0 Å². The Morgan fingerprint density at radius 2 is 1.94 bits per heavy atom. The number of aromatic nitrogens is 1. The molecule has 0 amide bonds. The zero-order valence-electron chi connectivity index (χ0n) is 9.19. The van der Waals surface area contributed by atoms with Crippen molar-refractivity contribution >= 4 is 11.8 Å². The van der Waals surface area contributed by atoms with Gasteiger partial charge in [0.1, 0.15) is 5.71 Å². The largest absolute Gasteiger partial charge is 0.410 e. The minimum absolute atomic E-state index is 0.488. The highest BCUT2D eigenvalue weighted by atomic mass is 16.4. The Balaban J connectivity index is 2.20. The Kier molecular flexibility index (Phi) is 3.65. The first-order valence-electron chi connectivity index (χ1n) is 5.26. The molecule has 1 aromatic heterocycles. The molecule has 3 heteroatoms. The topological polar surface area (TPSA) is 45.5 Å². The van der Waals surface area contributed by atoms with Gasteiger partial charge < -0.3 is 5.21 Å². The maximum atomic E-state index is 8.97. The Labute approximate surface area is 99.8 Å². The molecule has 0 radical (unpaired) electrons. The van der Waals surface area contributed by atoms with E-state index in [4.69, 9.17) is 5.21 Å². The summed E-state index contributed by atoms with van der Waals surface area (Å²) in [5.74, 6) is 0. The van der Waals surface area contributed by atoms with E-state index in [0.717, 1.165) is 11.1 Å². The number of rotatable bonds is 3. The van der Waals surface area contributed by atoms with Crippen LogP contribution in [0, 0.1) is 0 Å². The van der Waals surface area contributed by atoms with Gasteiger partial charge in [0.2, 0.25) is 0 Å². The molecule has 0 spiro atoms. The lowest BCUT2D eigenvalue weighted by atomic mass is 10.1. The average Bonchev–Trinajstić information content (AvgIpc) is 2.42. The lowest BCUT2D eigenvalue weighted by Crippen LogP contribution is -1.96. The van der Waals surface area contributed by atoms with Gasteiger partial charge >= 0.3 is 0 Å². The van der Waals surface area contributed by atoms with Crippen molar-refractivity contribution in [3.05, 3.63) is 72.1 Å². The SMILES string of the molecule is O/N=C(\C=C/c1ccccc1)c1cccnc1. The Hall–Kier alpha value is -2.42. The molecule has 1 heterocycles. The smallest absolute Gasteiger partial charge is 0.111 e. The number of oxime groups is 1. The first kappa shape index (κ1) is 11.1. The summed E-state index contributed by atoms with van der Waals surface area (Å²) in [5, 5.41) is 12.2. The molecule has 1 aromatic carbocycles. The van der Waals surface area contributed by atoms with Crippen molar-refractivity contribution in [2.24, 2.45) is 5.16 Å². The standard InChI is InChI=1S/C14H12N2O/c17-16-14(13-7-4-10-15-11-13)9-8-12-5-2-1-3-6-12/h1-11,17H/b9-8-,16-14+. The highest BCUT2D eigenvalue weighted by Crippen LogP contribution is 2.05. The minimum Gasteiger partial charge on any atom is -0.410 e. The molecule has 0 saturated heterocycles. The van der Waals surface area contributed by atoms with E-state index in [1.165, 1.54) is 0 Å². The lowest BCUT2D eigenvalue weighted by molar-refractivity contribution is 0.320. The Bertz CT molecular complexity index is 518. The van der Waals surface area contributed by atoms with E-state index in [1.807, 2.05) is 42.5 Å². The number of pyridine rings is 1.